The fourth-order valence-corrected chi connectivity index (χ4v) is 3.67. The molecule has 0 atom stereocenters. The highest BCUT2D eigenvalue weighted by molar-refractivity contribution is 7.17. The molecule has 0 amide bonds. The first kappa shape index (κ1) is 15.4. The Morgan fingerprint density at radius 2 is 2.09 bits per heavy atom. The van der Waals surface area contributed by atoms with Gasteiger partial charge in [0.25, 0.3) is 5.56 Å². The van der Waals surface area contributed by atoms with Crippen LogP contribution in [0, 0.1) is 11.3 Å². The molecule has 23 heavy (non-hydrogen) atoms. The number of hydrogen-bond donors (Lipinski definition) is 0. The Kier molecular flexibility index (Phi) is 4.54. The molecule has 0 radical (unpaired) electrons. The van der Waals surface area contributed by atoms with Crippen molar-refractivity contribution >= 4 is 21.6 Å². The summed E-state index contributed by atoms with van der Waals surface area (Å²) in [6, 6.07) is 12.1. The molecule has 116 valence electrons. The predicted molar refractivity (Wildman–Crippen MR) is 93.5 cm³/mol. The Balaban J connectivity index is 2.18. The number of fused-ring (bicyclic) bond motifs is 1. The summed E-state index contributed by atoms with van der Waals surface area (Å²) in [5.74, 6) is 0.793. The zero-order valence-corrected chi connectivity index (χ0v) is 13.8. The third kappa shape index (κ3) is 2.90. The van der Waals surface area contributed by atoms with Crippen molar-refractivity contribution in [2.45, 2.75) is 32.7 Å². The molecule has 3 rings (SSSR count). The highest BCUT2D eigenvalue weighted by Gasteiger charge is 2.16. The van der Waals surface area contributed by atoms with Crippen molar-refractivity contribution in [3.63, 3.8) is 0 Å². The van der Waals surface area contributed by atoms with Crippen molar-refractivity contribution in [2.24, 2.45) is 0 Å². The van der Waals surface area contributed by atoms with E-state index in [4.69, 9.17) is 5.26 Å². The average molecular weight is 323 g/mol. The molecule has 0 bridgehead atoms. The maximum absolute atomic E-state index is 13.0. The molecular weight excluding hydrogens is 306 g/mol. The maximum Gasteiger partial charge on any atom is 0.262 e. The van der Waals surface area contributed by atoms with E-state index in [2.05, 4.69) is 11.1 Å². The van der Waals surface area contributed by atoms with Crippen LogP contribution in [0.4, 0.5) is 0 Å². The fraction of sp³-hybridized carbons (Fsp3) is 0.278. The van der Waals surface area contributed by atoms with Gasteiger partial charge in [-0.2, -0.15) is 5.26 Å². The van der Waals surface area contributed by atoms with Gasteiger partial charge in [-0.15, -0.1) is 11.3 Å². The Labute approximate surface area is 138 Å². The van der Waals surface area contributed by atoms with Crippen LogP contribution >= 0.6 is 11.3 Å². The molecule has 0 aliphatic rings. The number of hydrogen-bond acceptors (Lipinski definition) is 4. The molecule has 0 saturated carbocycles. The lowest BCUT2D eigenvalue weighted by Gasteiger charge is -2.10. The summed E-state index contributed by atoms with van der Waals surface area (Å²) in [7, 11) is 0. The van der Waals surface area contributed by atoms with Gasteiger partial charge in [0.1, 0.15) is 10.7 Å². The Hall–Kier alpha value is -2.45. The molecule has 0 unspecified atom stereocenters. The van der Waals surface area contributed by atoms with Gasteiger partial charge < -0.3 is 0 Å². The molecule has 1 aromatic carbocycles. The summed E-state index contributed by atoms with van der Waals surface area (Å²) in [6.45, 7) is 2.54. The smallest absolute Gasteiger partial charge is 0.262 e. The summed E-state index contributed by atoms with van der Waals surface area (Å²) in [4.78, 5) is 18.5. The van der Waals surface area contributed by atoms with Gasteiger partial charge >= 0.3 is 0 Å². The average Bonchev–Trinajstić information content (AvgIpc) is 3.01. The minimum absolute atomic E-state index is 0.00453. The number of aromatic nitrogens is 2. The van der Waals surface area contributed by atoms with Crippen LogP contribution in [0.3, 0.4) is 0 Å². The molecule has 3 aromatic rings. The van der Waals surface area contributed by atoms with Gasteiger partial charge in [0.15, 0.2) is 0 Å². The molecule has 0 aliphatic carbocycles. The zero-order valence-electron chi connectivity index (χ0n) is 13.0. The standard InChI is InChI=1S/C18H17N3OS/c1-2-15-20-17-16(18(22)21(15)11-7-6-10-19)14(12-23-17)13-8-4-3-5-9-13/h3-5,8-9,12H,2,6-7,11H2,1H3. The van der Waals surface area contributed by atoms with Gasteiger partial charge in [0.05, 0.1) is 11.5 Å². The number of nitriles is 1. The monoisotopic (exact) mass is 323 g/mol. The van der Waals surface area contributed by atoms with Crippen molar-refractivity contribution in [3.05, 3.63) is 51.9 Å². The molecular formula is C18H17N3OS. The zero-order chi connectivity index (χ0) is 16.2. The fourth-order valence-electron chi connectivity index (χ4n) is 2.71. The van der Waals surface area contributed by atoms with Gasteiger partial charge in [-0.05, 0) is 12.0 Å². The van der Waals surface area contributed by atoms with Crippen LogP contribution in [0.2, 0.25) is 0 Å². The molecule has 0 aliphatic heterocycles. The Morgan fingerprint density at radius 1 is 1.30 bits per heavy atom. The van der Waals surface area contributed by atoms with E-state index in [-0.39, 0.29) is 5.56 Å². The summed E-state index contributed by atoms with van der Waals surface area (Å²) in [5.41, 5.74) is 1.98. The molecule has 5 heteroatoms. The summed E-state index contributed by atoms with van der Waals surface area (Å²) < 4.78 is 1.73. The first-order valence-corrected chi connectivity index (χ1v) is 8.57. The number of benzene rings is 1. The van der Waals surface area contributed by atoms with E-state index < -0.39 is 0 Å². The predicted octanol–water partition coefficient (Wildman–Crippen LogP) is 3.99. The van der Waals surface area contributed by atoms with Gasteiger partial charge in [0.2, 0.25) is 0 Å². The number of unbranched alkanes of at least 4 members (excludes halogenated alkanes) is 1. The first-order chi connectivity index (χ1) is 11.3. The van der Waals surface area contributed by atoms with Crippen molar-refractivity contribution in [1.29, 1.82) is 5.26 Å². The summed E-state index contributed by atoms with van der Waals surface area (Å²) in [5, 5.41) is 11.4. The van der Waals surface area contributed by atoms with Crippen LogP contribution in [0.5, 0.6) is 0 Å². The van der Waals surface area contributed by atoms with Crippen molar-refractivity contribution in [3.8, 4) is 17.2 Å². The largest absolute Gasteiger partial charge is 0.296 e. The quantitative estimate of drug-likeness (QED) is 0.667. The molecule has 0 N–H and O–H groups in total. The SMILES string of the molecule is CCc1nc2scc(-c3ccccc3)c2c(=O)n1CCCC#N. The maximum atomic E-state index is 13.0. The molecule has 2 aromatic heterocycles. The second kappa shape index (κ2) is 6.76. The van der Waals surface area contributed by atoms with E-state index in [0.29, 0.717) is 31.2 Å². The topological polar surface area (TPSA) is 58.7 Å². The number of thiophene rings is 1. The number of rotatable bonds is 5. The second-order valence-corrected chi connectivity index (χ2v) is 6.15. The highest BCUT2D eigenvalue weighted by atomic mass is 32.1. The highest BCUT2D eigenvalue weighted by Crippen LogP contribution is 2.30. The van der Waals surface area contributed by atoms with Gasteiger partial charge in [-0.3, -0.25) is 9.36 Å². The van der Waals surface area contributed by atoms with E-state index in [9.17, 15) is 4.79 Å². The van der Waals surface area contributed by atoms with E-state index in [1.807, 2.05) is 42.6 Å². The van der Waals surface area contributed by atoms with Crippen LogP contribution in [0.25, 0.3) is 21.3 Å². The van der Waals surface area contributed by atoms with Crippen molar-refractivity contribution < 1.29 is 0 Å². The molecule has 0 spiro atoms. The third-order valence-electron chi connectivity index (χ3n) is 3.84. The van der Waals surface area contributed by atoms with Crippen LogP contribution in [0.1, 0.15) is 25.6 Å². The Bertz CT molecular complexity index is 919. The minimum atomic E-state index is 0.00453. The molecule has 4 nitrogen and oxygen atoms in total. The number of aryl methyl sites for hydroxylation is 1. The van der Waals surface area contributed by atoms with Crippen molar-refractivity contribution in [2.75, 3.05) is 0 Å². The lowest BCUT2D eigenvalue weighted by atomic mass is 10.1. The number of nitrogens with zero attached hydrogens (tertiary/aromatic N) is 3. The van der Waals surface area contributed by atoms with Crippen LogP contribution in [-0.2, 0) is 13.0 Å². The molecule has 2 heterocycles. The van der Waals surface area contributed by atoms with Crippen molar-refractivity contribution in [1.82, 2.24) is 9.55 Å². The van der Waals surface area contributed by atoms with Crippen LogP contribution < -0.4 is 5.56 Å². The lowest BCUT2D eigenvalue weighted by molar-refractivity contribution is 0.594. The normalized spacial score (nSPS) is 10.8. The Morgan fingerprint density at radius 3 is 2.78 bits per heavy atom. The van der Waals surface area contributed by atoms with Crippen LogP contribution in [0.15, 0.2) is 40.5 Å². The summed E-state index contributed by atoms with van der Waals surface area (Å²) in [6.07, 6.45) is 1.82. The third-order valence-corrected chi connectivity index (χ3v) is 4.72. The van der Waals surface area contributed by atoms with Gasteiger partial charge in [0, 0.05) is 30.3 Å². The van der Waals surface area contributed by atoms with Crippen LogP contribution in [-0.4, -0.2) is 9.55 Å². The van der Waals surface area contributed by atoms with Gasteiger partial charge in [-0.25, -0.2) is 4.98 Å². The molecule has 0 saturated heterocycles. The summed E-state index contributed by atoms with van der Waals surface area (Å²) >= 11 is 1.51. The lowest BCUT2D eigenvalue weighted by Crippen LogP contribution is -2.25. The second-order valence-electron chi connectivity index (χ2n) is 5.30. The van der Waals surface area contributed by atoms with E-state index in [1.54, 1.807) is 4.57 Å². The van der Waals surface area contributed by atoms with E-state index >= 15 is 0 Å². The van der Waals surface area contributed by atoms with E-state index in [1.165, 1.54) is 11.3 Å². The minimum Gasteiger partial charge on any atom is -0.296 e. The van der Waals surface area contributed by atoms with Gasteiger partial charge in [-0.1, -0.05) is 37.3 Å². The molecule has 0 fully saturated rings. The van der Waals surface area contributed by atoms with E-state index in [0.717, 1.165) is 21.8 Å². The first-order valence-electron chi connectivity index (χ1n) is 7.69.